The summed E-state index contributed by atoms with van der Waals surface area (Å²) in [6.07, 6.45) is 1.36. The number of hydrogen-bond donors (Lipinski definition) is 2. The lowest BCUT2D eigenvalue weighted by Gasteiger charge is -2.01. The zero-order valence-corrected chi connectivity index (χ0v) is 9.61. The fourth-order valence-corrected chi connectivity index (χ4v) is 2.30. The molecule has 2 N–H and O–H groups in total. The van der Waals surface area contributed by atoms with Crippen LogP contribution in [0.15, 0.2) is 45.9 Å². The Balaban J connectivity index is 2.07. The predicted octanol–water partition coefficient (Wildman–Crippen LogP) is 2.98. The number of rotatable bonds is 4. The van der Waals surface area contributed by atoms with Crippen molar-refractivity contribution >= 4 is 17.7 Å². The molecule has 0 saturated carbocycles. The van der Waals surface area contributed by atoms with Crippen LogP contribution in [-0.4, -0.2) is 16.2 Å². The number of phenolic OH excluding ortho intramolecular Hbond substituents is 1. The SMILES string of the molecule is O=C(O)c1occc1CSc1cccc(O)c1. The molecule has 0 saturated heterocycles. The largest absolute Gasteiger partial charge is 0.508 e. The first-order chi connectivity index (χ1) is 8.16. The summed E-state index contributed by atoms with van der Waals surface area (Å²) in [4.78, 5) is 11.7. The number of thioether (sulfide) groups is 1. The van der Waals surface area contributed by atoms with E-state index in [9.17, 15) is 9.90 Å². The molecule has 0 atom stereocenters. The summed E-state index contributed by atoms with van der Waals surface area (Å²) in [5.74, 6) is -0.415. The Hall–Kier alpha value is -1.88. The molecule has 17 heavy (non-hydrogen) atoms. The van der Waals surface area contributed by atoms with Gasteiger partial charge in [0.2, 0.25) is 5.76 Å². The molecule has 0 aliphatic heterocycles. The Morgan fingerprint density at radius 2 is 2.18 bits per heavy atom. The third-order valence-corrected chi connectivity index (χ3v) is 3.20. The van der Waals surface area contributed by atoms with Gasteiger partial charge in [0.1, 0.15) is 5.75 Å². The van der Waals surface area contributed by atoms with E-state index in [4.69, 9.17) is 9.52 Å². The maximum absolute atomic E-state index is 10.8. The van der Waals surface area contributed by atoms with Crippen LogP contribution in [0.3, 0.4) is 0 Å². The number of hydrogen-bond acceptors (Lipinski definition) is 4. The van der Waals surface area contributed by atoms with E-state index >= 15 is 0 Å². The number of phenols is 1. The number of furan rings is 1. The number of carbonyl (C=O) groups is 1. The maximum atomic E-state index is 10.8. The molecule has 1 aromatic carbocycles. The summed E-state index contributed by atoms with van der Waals surface area (Å²) in [5.41, 5.74) is 0.630. The molecular weight excluding hydrogens is 240 g/mol. The van der Waals surface area contributed by atoms with E-state index in [0.717, 1.165) is 4.90 Å². The van der Waals surface area contributed by atoms with Gasteiger partial charge in [-0.15, -0.1) is 11.8 Å². The number of carboxylic acids is 1. The first kappa shape index (κ1) is 11.6. The van der Waals surface area contributed by atoms with Gasteiger partial charge in [-0.2, -0.15) is 0 Å². The standard InChI is InChI=1S/C12H10O4S/c13-9-2-1-3-10(6-9)17-7-8-4-5-16-11(8)12(14)15/h1-6,13H,7H2,(H,14,15). The smallest absolute Gasteiger partial charge is 0.372 e. The highest BCUT2D eigenvalue weighted by Crippen LogP contribution is 2.27. The van der Waals surface area contributed by atoms with E-state index in [0.29, 0.717) is 11.3 Å². The van der Waals surface area contributed by atoms with Gasteiger partial charge in [-0.3, -0.25) is 0 Å². The molecule has 1 heterocycles. The van der Waals surface area contributed by atoms with E-state index in [-0.39, 0.29) is 11.5 Å². The van der Waals surface area contributed by atoms with Gasteiger partial charge in [0.15, 0.2) is 0 Å². The summed E-state index contributed by atoms with van der Waals surface area (Å²) in [6.45, 7) is 0. The molecule has 0 bridgehead atoms. The fourth-order valence-electron chi connectivity index (χ4n) is 1.37. The fraction of sp³-hybridized carbons (Fsp3) is 0.0833. The minimum absolute atomic E-state index is 0.0300. The average Bonchev–Trinajstić information content (AvgIpc) is 2.74. The first-order valence-corrected chi connectivity index (χ1v) is 5.87. The van der Waals surface area contributed by atoms with Gasteiger partial charge in [0, 0.05) is 16.2 Å². The molecule has 5 heteroatoms. The second kappa shape index (κ2) is 4.97. The Morgan fingerprint density at radius 1 is 1.35 bits per heavy atom. The minimum atomic E-state index is -1.07. The van der Waals surface area contributed by atoms with Crippen molar-refractivity contribution in [1.29, 1.82) is 0 Å². The third-order valence-electron chi connectivity index (χ3n) is 2.15. The summed E-state index contributed by atoms with van der Waals surface area (Å²) < 4.78 is 4.88. The van der Waals surface area contributed by atoms with Crippen LogP contribution in [0.25, 0.3) is 0 Å². The van der Waals surface area contributed by atoms with Crippen molar-refractivity contribution in [3.05, 3.63) is 47.9 Å². The Labute approximate surface area is 102 Å². The molecule has 0 amide bonds. The van der Waals surface area contributed by atoms with Crippen molar-refractivity contribution in [2.45, 2.75) is 10.6 Å². The Bertz CT molecular complexity index is 533. The Morgan fingerprint density at radius 3 is 2.88 bits per heavy atom. The van der Waals surface area contributed by atoms with E-state index in [2.05, 4.69) is 0 Å². The zero-order chi connectivity index (χ0) is 12.3. The van der Waals surface area contributed by atoms with Crippen LogP contribution >= 0.6 is 11.8 Å². The molecule has 4 nitrogen and oxygen atoms in total. The van der Waals surface area contributed by atoms with Gasteiger partial charge < -0.3 is 14.6 Å². The second-order valence-electron chi connectivity index (χ2n) is 3.37. The lowest BCUT2D eigenvalue weighted by atomic mass is 10.3. The molecular formula is C12H10O4S. The van der Waals surface area contributed by atoms with Crippen molar-refractivity contribution in [2.24, 2.45) is 0 Å². The molecule has 0 aliphatic carbocycles. The molecule has 2 aromatic rings. The van der Waals surface area contributed by atoms with Crippen LogP contribution in [0.2, 0.25) is 0 Å². The number of benzene rings is 1. The summed E-state index contributed by atoms with van der Waals surface area (Å²) >= 11 is 1.44. The minimum Gasteiger partial charge on any atom is -0.508 e. The number of aromatic carboxylic acids is 1. The molecule has 2 rings (SSSR count). The quantitative estimate of drug-likeness (QED) is 0.816. The topological polar surface area (TPSA) is 70.7 Å². The van der Waals surface area contributed by atoms with Crippen LogP contribution in [0, 0.1) is 0 Å². The third kappa shape index (κ3) is 2.82. The van der Waals surface area contributed by atoms with Gasteiger partial charge in [-0.05, 0) is 24.3 Å². The van der Waals surface area contributed by atoms with Crippen molar-refractivity contribution in [1.82, 2.24) is 0 Å². The average molecular weight is 250 g/mol. The normalized spacial score (nSPS) is 10.4. The van der Waals surface area contributed by atoms with Crippen LogP contribution in [0.4, 0.5) is 0 Å². The van der Waals surface area contributed by atoms with Crippen LogP contribution in [0.1, 0.15) is 16.1 Å². The molecule has 0 aliphatic rings. The van der Waals surface area contributed by atoms with E-state index in [1.807, 2.05) is 6.07 Å². The molecule has 88 valence electrons. The Kier molecular flexibility index (Phi) is 3.39. The lowest BCUT2D eigenvalue weighted by molar-refractivity contribution is 0.0661. The highest BCUT2D eigenvalue weighted by atomic mass is 32.2. The van der Waals surface area contributed by atoms with Crippen molar-refractivity contribution in [3.63, 3.8) is 0 Å². The summed E-state index contributed by atoms with van der Waals surface area (Å²) in [5, 5.41) is 18.1. The molecule has 1 aromatic heterocycles. The molecule has 0 unspecified atom stereocenters. The summed E-state index contributed by atoms with van der Waals surface area (Å²) in [7, 11) is 0. The lowest BCUT2D eigenvalue weighted by Crippen LogP contribution is -1.97. The van der Waals surface area contributed by atoms with Gasteiger partial charge >= 0.3 is 5.97 Å². The second-order valence-corrected chi connectivity index (χ2v) is 4.41. The van der Waals surface area contributed by atoms with E-state index in [1.54, 1.807) is 24.3 Å². The molecule has 0 fully saturated rings. The number of carboxylic acid groups (broad SMARTS) is 1. The summed E-state index contributed by atoms with van der Waals surface area (Å²) in [6, 6.07) is 8.45. The monoisotopic (exact) mass is 250 g/mol. The van der Waals surface area contributed by atoms with E-state index in [1.165, 1.54) is 18.0 Å². The van der Waals surface area contributed by atoms with Crippen molar-refractivity contribution in [2.75, 3.05) is 0 Å². The van der Waals surface area contributed by atoms with Gasteiger partial charge in [-0.25, -0.2) is 4.79 Å². The molecule has 0 spiro atoms. The van der Waals surface area contributed by atoms with Crippen LogP contribution in [0.5, 0.6) is 5.75 Å². The van der Waals surface area contributed by atoms with Crippen molar-refractivity contribution in [3.8, 4) is 5.75 Å². The molecule has 0 radical (unpaired) electrons. The van der Waals surface area contributed by atoms with Crippen LogP contribution in [-0.2, 0) is 5.75 Å². The van der Waals surface area contributed by atoms with Gasteiger partial charge in [0.25, 0.3) is 0 Å². The van der Waals surface area contributed by atoms with Gasteiger partial charge in [0.05, 0.1) is 6.26 Å². The van der Waals surface area contributed by atoms with Crippen molar-refractivity contribution < 1.29 is 19.4 Å². The number of aromatic hydroxyl groups is 1. The van der Waals surface area contributed by atoms with E-state index < -0.39 is 5.97 Å². The zero-order valence-electron chi connectivity index (χ0n) is 8.79. The predicted molar refractivity (Wildman–Crippen MR) is 63.3 cm³/mol. The highest BCUT2D eigenvalue weighted by Gasteiger charge is 2.13. The van der Waals surface area contributed by atoms with Crippen LogP contribution < -0.4 is 0 Å². The van der Waals surface area contributed by atoms with Gasteiger partial charge in [-0.1, -0.05) is 6.07 Å². The first-order valence-electron chi connectivity index (χ1n) is 4.88. The highest BCUT2D eigenvalue weighted by molar-refractivity contribution is 7.98. The maximum Gasteiger partial charge on any atom is 0.372 e.